The Morgan fingerprint density at radius 3 is 2.59 bits per heavy atom. The molecule has 0 atom stereocenters. The molecule has 166 valence electrons. The highest BCUT2D eigenvalue weighted by molar-refractivity contribution is 7.14. The van der Waals surface area contributed by atoms with Crippen LogP contribution < -0.4 is 9.80 Å². The molecule has 32 heavy (non-hydrogen) atoms. The number of imidazole rings is 1. The number of anilines is 3. The summed E-state index contributed by atoms with van der Waals surface area (Å²) in [4.78, 5) is 13.7. The highest BCUT2D eigenvalue weighted by Gasteiger charge is 2.22. The van der Waals surface area contributed by atoms with Crippen LogP contribution in [-0.4, -0.2) is 51.4 Å². The molecule has 0 radical (unpaired) electrons. The standard InChI is InChI=1S/C23H25FN6OS/c1-15-22(28(2)23-26-19(14-32-23)17-3-5-18(24)6-4-17)30-20(25-15)7-8-21(27-30)29-11-9-16(13-31)10-12-29/h3-8,14,16,31H,9-13H2,1-2H3. The van der Waals surface area contributed by atoms with Crippen molar-refractivity contribution in [3.63, 3.8) is 0 Å². The van der Waals surface area contributed by atoms with Crippen LogP contribution in [0.2, 0.25) is 0 Å². The molecule has 1 aliphatic rings. The van der Waals surface area contributed by atoms with Gasteiger partial charge in [-0.3, -0.25) is 0 Å². The van der Waals surface area contributed by atoms with Crippen LogP contribution in [0.4, 0.5) is 21.2 Å². The molecule has 0 aliphatic carbocycles. The summed E-state index contributed by atoms with van der Waals surface area (Å²) in [5, 5.41) is 17.1. The second kappa shape index (κ2) is 8.48. The predicted octanol–water partition coefficient (Wildman–Crippen LogP) is 4.28. The van der Waals surface area contributed by atoms with Gasteiger partial charge in [-0.2, -0.15) is 4.52 Å². The molecule has 4 aromatic rings. The van der Waals surface area contributed by atoms with Crippen LogP contribution >= 0.6 is 11.3 Å². The minimum absolute atomic E-state index is 0.254. The quantitative estimate of drug-likeness (QED) is 0.488. The number of hydrogen-bond acceptors (Lipinski definition) is 7. The lowest BCUT2D eigenvalue weighted by Gasteiger charge is -2.31. The van der Waals surface area contributed by atoms with Gasteiger partial charge in [-0.1, -0.05) is 0 Å². The van der Waals surface area contributed by atoms with E-state index in [-0.39, 0.29) is 12.4 Å². The predicted molar refractivity (Wildman–Crippen MR) is 125 cm³/mol. The Kier molecular flexibility index (Phi) is 5.52. The van der Waals surface area contributed by atoms with Gasteiger partial charge in [-0.25, -0.2) is 14.4 Å². The third-order valence-corrected chi connectivity index (χ3v) is 6.96. The number of thiazole rings is 1. The minimum atomic E-state index is -0.259. The molecule has 0 spiro atoms. The second-order valence-electron chi connectivity index (χ2n) is 8.18. The Hall–Kier alpha value is -3.04. The van der Waals surface area contributed by atoms with E-state index in [0.29, 0.717) is 5.92 Å². The number of piperidine rings is 1. The molecule has 0 saturated carbocycles. The van der Waals surface area contributed by atoms with Crippen molar-refractivity contribution in [2.75, 3.05) is 36.5 Å². The van der Waals surface area contributed by atoms with Crippen LogP contribution in [0, 0.1) is 18.7 Å². The van der Waals surface area contributed by atoms with Crippen molar-refractivity contribution in [3.05, 3.63) is 53.3 Å². The van der Waals surface area contributed by atoms with Crippen LogP contribution in [0.1, 0.15) is 18.5 Å². The van der Waals surface area contributed by atoms with Gasteiger partial charge in [0.25, 0.3) is 0 Å². The van der Waals surface area contributed by atoms with Gasteiger partial charge in [0.15, 0.2) is 16.6 Å². The molecule has 5 rings (SSSR count). The fourth-order valence-electron chi connectivity index (χ4n) is 4.18. The van der Waals surface area contributed by atoms with Gasteiger partial charge in [0.2, 0.25) is 0 Å². The van der Waals surface area contributed by atoms with Crippen LogP contribution in [0.3, 0.4) is 0 Å². The number of hydrogen-bond donors (Lipinski definition) is 1. The summed E-state index contributed by atoms with van der Waals surface area (Å²) in [6.45, 7) is 4.00. The molecule has 7 nitrogen and oxygen atoms in total. The average Bonchev–Trinajstić information content (AvgIpc) is 3.43. The van der Waals surface area contributed by atoms with Gasteiger partial charge < -0.3 is 14.9 Å². The van der Waals surface area contributed by atoms with Gasteiger partial charge in [-0.05, 0) is 62.1 Å². The molecule has 4 heterocycles. The number of aryl methyl sites for hydroxylation is 1. The first-order valence-electron chi connectivity index (χ1n) is 10.7. The number of rotatable bonds is 5. The van der Waals surface area contributed by atoms with E-state index in [1.165, 1.54) is 23.5 Å². The monoisotopic (exact) mass is 452 g/mol. The van der Waals surface area contributed by atoms with Crippen molar-refractivity contribution in [1.82, 2.24) is 19.6 Å². The summed E-state index contributed by atoms with van der Waals surface area (Å²) in [5.41, 5.74) is 3.34. The first-order chi connectivity index (χ1) is 15.5. The molecular weight excluding hydrogens is 427 g/mol. The maximum Gasteiger partial charge on any atom is 0.191 e. The normalized spacial score (nSPS) is 14.9. The van der Waals surface area contributed by atoms with Gasteiger partial charge in [0.1, 0.15) is 11.6 Å². The smallest absolute Gasteiger partial charge is 0.191 e. The fraction of sp³-hybridized carbons (Fsp3) is 0.348. The molecule has 0 amide bonds. The molecule has 0 unspecified atom stereocenters. The first kappa shape index (κ1) is 20.8. The third-order valence-electron chi connectivity index (χ3n) is 6.04. The lowest BCUT2D eigenvalue weighted by Crippen LogP contribution is -2.35. The molecule has 1 aromatic carbocycles. The van der Waals surface area contributed by atoms with E-state index >= 15 is 0 Å². The molecule has 0 bridgehead atoms. The van der Waals surface area contributed by atoms with Crippen molar-refractivity contribution in [3.8, 4) is 11.3 Å². The minimum Gasteiger partial charge on any atom is -0.396 e. The molecule has 1 saturated heterocycles. The Balaban J connectivity index is 1.46. The number of benzene rings is 1. The van der Waals surface area contributed by atoms with Crippen molar-refractivity contribution in [2.45, 2.75) is 19.8 Å². The van der Waals surface area contributed by atoms with Crippen LogP contribution in [0.15, 0.2) is 41.8 Å². The van der Waals surface area contributed by atoms with E-state index in [9.17, 15) is 9.50 Å². The maximum atomic E-state index is 13.3. The average molecular weight is 453 g/mol. The Labute approximate surface area is 189 Å². The molecule has 3 aromatic heterocycles. The Morgan fingerprint density at radius 2 is 1.88 bits per heavy atom. The van der Waals surface area contributed by atoms with E-state index in [1.807, 2.05) is 40.9 Å². The second-order valence-corrected chi connectivity index (χ2v) is 9.01. The number of halogens is 1. The summed E-state index contributed by atoms with van der Waals surface area (Å²) in [6.07, 6.45) is 1.94. The Bertz CT molecular complexity index is 1230. The largest absolute Gasteiger partial charge is 0.396 e. The van der Waals surface area contributed by atoms with Crippen LogP contribution in [0.5, 0.6) is 0 Å². The number of nitrogens with zero attached hydrogens (tertiary/aromatic N) is 6. The van der Waals surface area contributed by atoms with Gasteiger partial charge >= 0.3 is 0 Å². The molecule has 1 fully saturated rings. The molecule has 1 aliphatic heterocycles. The number of aliphatic hydroxyl groups excluding tert-OH is 1. The van der Waals surface area contributed by atoms with E-state index in [0.717, 1.165) is 65.3 Å². The number of fused-ring (bicyclic) bond motifs is 1. The first-order valence-corrected chi connectivity index (χ1v) is 11.6. The third kappa shape index (κ3) is 3.82. The number of aliphatic hydroxyl groups is 1. The zero-order chi connectivity index (χ0) is 22.2. The van der Waals surface area contributed by atoms with Crippen LogP contribution in [-0.2, 0) is 0 Å². The molecular formula is C23H25FN6OS. The summed E-state index contributed by atoms with van der Waals surface area (Å²) in [5.74, 6) is 1.90. The molecule has 9 heteroatoms. The van der Waals surface area contributed by atoms with Crippen molar-refractivity contribution < 1.29 is 9.50 Å². The van der Waals surface area contributed by atoms with E-state index in [2.05, 4.69) is 9.88 Å². The molecule has 1 N–H and O–H groups in total. The van der Waals surface area contributed by atoms with E-state index in [1.54, 1.807) is 12.1 Å². The van der Waals surface area contributed by atoms with Crippen molar-refractivity contribution in [1.29, 1.82) is 0 Å². The highest BCUT2D eigenvalue weighted by atomic mass is 32.1. The van der Waals surface area contributed by atoms with E-state index < -0.39 is 0 Å². The van der Waals surface area contributed by atoms with Crippen LogP contribution in [0.25, 0.3) is 16.9 Å². The van der Waals surface area contributed by atoms with Crippen molar-refractivity contribution in [2.24, 2.45) is 5.92 Å². The summed E-state index contributed by atoms with van der Waals surface area (Å²) < 4.78 is 15.1. The zero-order valence-electron chi connectivity index (χ0n) is 18.1. The summed E-state index contributed by atoms with van der Waals surface area (Å²) in [7, 11) is 1.96. The van der Waals surface area contributed by atoms with Crippen molar-refractivity contribution >= 4 is 33.8 Å². The van der Waals surface area contributed by atoms with Gasteiger partial charge in [0, 0.05) is 37.7 Å². The maximum absolute atomic E-state index is 13.3. The highest BCUT2D eigenvalue weighted by Crippen LogP contribution is 2.33. The zero-order valence-corrected chi connectivity index (χ0v) is 18.9. The SMILES string of the molecule is Cc1nc2ccc(N3CCC(CO)CC3)nn2c1N(C)c1nc(-c2ccc(F)cc2)cs1. The van der Waals surface area contributed by atoms with Gasteiger partial charge in [-0.15, -0.1) is 16.4 Å². The summed E-state index contributed by atoms with van der Waals surface area (Å²) >= 11 is 1.53. The van der Waals surface area contributed by atoms with E-state index in [4.69, 9.17) is 10.1 Å². The number of aromatic nitrogens is 4. The summed E-state index contributed by atoms with van der Waals surface area (Å²) in [6, 6.07) is 10.4. The topological polar surface area (TPSA) is 69.8 Å². The van der Waals surface area contributed by atoms with Gasteiger partial charge in [0.05, 0.1) is 11.4 Å². The lowest BCUT2D eigenvalue weighted by atomic mass is 9.98. The Morgan fingerprint density at radius 1 is 1.12 bits per heavy atom. The lowest BCUT2D eigenvalue weighted by molar-refractivity contribution is 0.202. The fourth-order valence-corrected chi connectivity index (χ4v) is 4.98.